The lowest BCUT2D eigenvalue weighted by atomic mass is 10.0. The number of rotatable bonds is 16. The normalized spacial score (nSPS) is 12.2. The van der Waals surface area contributed by atoms with Crippen molar-refractivity contribution in [3.63, 3.8) is 0 Å². The Labute approximate surface area is 235 Å². The summed E-state index contributed by atoms with van der Waals surface area (Å²) in [6.07, 6.45) is 14.5. The molecule has 3 aromatic rings. The van der Waals surface area contributed by atoms with Crippen LogP contribution in [0, 0.1) is 0 Å². The first-order chi connectivity index (χ1) is 19.5. The molecule has 1 aliphatic rings. The number of carbonyl (C=O) groups is 1. The number of fused-ring (bicyclic) bond motifs is 2. The van der Waals surface area contributed by atoms with E-state index < -0.39 is 11.4 Å². The van der Waals surface area contributed by atoms with Gasteiger partial charge in [0.05, 0.1) is 12.5 Å². The Morgan fingerprint density at radius 1 is 0.925 bits per heavy atom. The fourth-order valence-corrected chi connectivity index (χ4v) is 5.08. The van der Waals surface area contributed by atoms with Gasteiger partial charge in [0, 0.05) is 12.0 Å². The average Bonchev–Trinajstić information content (AvgIpc) is 3.42. The highest BCUT2D eigenvalue weighted by molar-refractivity contribution is 5.93. The third-order valence-electron chi connectivity index (χ3n) is 7.26. The summed E-state index contributed by atoms with van der Waals surface area (Å²) in [6.45, 7) is 2.21. The van der Waals surface area contributed by atoms with Crippen molar-refractivity contribution >= 4 is 16.9 Å². The summed E-state index contributed by atoms with van der Waals surface area (Å²) >= 11 is 0. The van der Waals surface area contributed by atoms with E-state index in [0.29, 0.717) is 17.9 Å². The molecule has 0 fully saturated rings. The van der Waals surface area contributed by atoms with Gasteiger partial charge >= 0.3 is 11.9 Å². The summed E-state index contributed by atoms with van der Waals surface area (Å²) in [5.41, 5.74) is -0.269. The second kappa shape index (κ2) is 14.6. The van der Waals surface area contributed by atoms with Gasteiger partial charge in [0.2, 0.25) is 23.7 Å². The van der Waals surface area contributed by atoms with E-state index in [4.69, 9.17) is 23.4 Å². The molecule has 0 radical (unpaired) electrons. The largest absolute Gasteiger partial charge is 0.507 e. The zero-order chi connectivity index (χ0) is 28.3. The quantitative estimate of drug-likeness (QED) is 0.141. The van der Waals surface area contributed by atoms with Gasteiger partial charge < -0.3 is 28.5 Å². The standard InChI is InChI=1S/C32H40O8/c1-3-4-5-6-7-8-9-10-11-12-13-14-19-26(34)39-32-27(22-17-15-16-18-24(22)33)28(35)23-20-25-30(38-21-37-25)31(36-2)29(23)40-32/h15-18,20,33H,3-14,19,21H2,1-2H3. The van der Waals surface area contributed by atoms with Crippen LogP contribution in [0.1, 0.15) is 90.4 Å². The second-order valence-corrected chi connectivity index (χ2v) is 10.2. The first-order valence-electron chi connectivity index (χ1n) is 14.5. The number of para-hydroxylation sites is 1. The van der Waals surface area contributed by atoms with E-state index in [1.807, 2.05) is 0 Å². The number of hydrogen-bond acceptors (Lipinski definition) is 8. The molecule has 1 N–H and O–H groups in total. The molecule has 0 atom stereocenters. The Kier molecular flexibility index (Phi) is 10.7. The summed E-state index contributed by atoms with van der Waals surface area (Å²) in [4.78, 5) is 26.5. The van der Waals surface area contributed by atoms with Gasteiger partial charge in [-0.2, -0.15) is 0 Å². The van der Waals surface area contributed by atoms with Gasteiger partial charge in [-0.05, 0) is 18.6 Å². The molecule has 0 unspecified atom stereocenters. The fraction of sp³-hybridized carbons (Fsp3) is 0.500. The topological polar surface area (TPSA) is 104 Å². The van der Waals surface area contributed by atoms with Gasteiger partial charge in [0.1, 0.15) is 11.3 Å². The fourth-order valence-electron chi connectivity index (χ4n) is 5.08. The van der Waals surface area contributed by atoms with Gasteiger partial charge in [0.25, 0.3) is 0 Å². The first-order valence-corrected chi connectivity index (χ1v) is 14.5. The molecule has 8 nitrogen and oxygen atoms in total. The summed E-state index contributed by atoms with van der Waals surface area (Å²) in [5, 5.41) is 10.7. The van der Waals surface area contributed by atoms with Crippen LogP contribution in [-0.2, 0) is 4.79 Å². The number of phenolic OH excluding ortho intramolecular Hbond substituents is 1. The lowest BCUT2D eigenvalue weighted by molar-refractivity contribution is -0.135. The maximum atomic E-state index is 13.7. The molecule has 1 aromatic heterocycles. The number of esters is 1. The third kappa shape index (κ3) is 7.09. The summed E-state index contributed by atoms with van der Waals surface area (Å²) < 4.78 is 28.0. The van der Waals surface area contributed by atoms with E-state index in [0.717, 1.165) is 19.3 Å². The van der Waals surface area contributed by atoms with Crippen molar-refractivity contribution in [2.45, 2.75) is 90.4 Å². The number of phenols is 1. The number of methoxy groups -OCH3 is 1. The molecule has 216 valence electrons. The zero-order valence-electron chi connectivity index (χ0n) is 23.6. The van der Waals surface area contributed by atoms with Crippen molar-refractivity contribution in [2.75, 3.05) is 13.9 Å². The van der Waals surface area contributed by atoms with E-state index in [-0.39, 0.29) is 52.8 Å². The molecular formula is C32H40O8. The van der Waals surface area contributed by atoms with E-state index >= 15 is 0 Å². The predicted octanol–water partition coefficient (Wildman–Crippen LogP) is 7.90. The van der Waals surface area contributed by atoms with Gasteiger partial charge in [-0.3, -0.25) is 9.59 Å². The highest BCUT2D eigenvalue weighted by Crippen LogP contribution is 2.47. The molecule has 2 heterocycles. The van der Waals surface area contributed by atoms with E-state index in [1.165, 1.54) is 70.6 Å². The van der Waals surface area contributed by atoms with Crippen LogP contribution in [0.2, 0.25) is 0 Å². The highest BCUT2D eigenvalue weighted by atomic mass is 16.7. The third-order valence-corrected chi connectivity index (χ3v) is 7.26. The van der Waals surface area contributed by atoms with Gasteiger partial charge in [-0.15, -0.1) is 0 Å². The molecule has 0 bridgehead atoms. The van der Waals surface area contributed by atoms with Crippen LogP contribution in [0.4, 0.5) is 0 Å². The van der Waals surface area contributed by atoms with Crippen LogP contribution in [0.25, 0.3) is 22.1 Å². The predicted molar refractivity (Wildman–Crippen MR) is 154 cm³/mol. The molecule has 8 heteroatoms. The minimum absolute atomic E-state index is 0.0244. The van der Waals surface area contributed by atoms with Crippen LogP contribution in [0.5, 0.6) is 28.9 Å². The van der Waals surface area contributed by atoms with Gasteiger partial charge in [-0.1, -0.05) is 95.8 Å². The number of hydrogen-bond donors (Lipinski definition) is 1. The molecule has 0 saturated heterocycles. The lowest BCUT2D eigenvalue weighted by Crippen LogP contribution is -2.14. The van der Waals surface area contributed by atoms with Gasteiger partial charge in [-0.25, -0.2) is 0 Å². The lowest BCUT2D eigenvalue weighted by Gasteiger charge is -2.13. The molecule has 1 aliphatic heterocycles. The minimum Gasteiger partial charge on any atom is -0.507 e. The van der Waals surface area contributed by atoms with Crippen LogP contribution in [0.3, 0.4) is 0 Å². The molecule has 4 rings (SSSR count). The van der Waals surface area contributed by atoms with E-state index in [1.54, 1.807) is 18.2 Å². The molecule has 2 aromatic carbocycles. The number of carbonyl (C=O) groups excluding carboxylic acids is 1. The molecule has 0 aliphatic carbocycles. The Balaban J connectivity index is 1.41. The van der Waals surface area contributed by atoms with E-state index in [2.05, 4.69) is 6.92 Å². The van der Waals surface area contributed by atoms with Crippen molar-refractivity contribution in [1.82, 2.24) is 0 Å². The minimum atomic E-state index is -0.508. The average molecular weight is 553 g/mol. The number of aromatic hydroxyl groups is 1. The summed E-state index contributed by atoms with van der Waals surface area (Å²) in [6, 6.07) is 7.85. The highest BCUT2D eigenvalue weighted by Gasteiger charge is 2.29. The van der Waals surface area contributed by atoms with E-state index in [9.17, 15) is 14.7 Å². The number of benzene rings is 2. The Hall–Kier alpha value is -3.68. The molecule has 0 saturated carbocycles. The van der Waals surface area contributed by atoms with Crippen LogP contribution in [0.15, 0.2) is 39.5 Å². The van der Waals surface area contributed by atoms with Crippen molar-refractivity contribution < 1.29 is 33.3 Å². The molecule has 0 spiro atoms. The number of unbranched alkanes of at least 4 members (excludes halogenated alkanes) is 11. The smallest absolute Gasteiger partial charge is 0.313 e. The second-order valence-electron chi connectivity index (χ2n) is 10.2. The Morgan fingerprint density at radius 2 is 1.57 bits per heavy atom. The van der Waals surface area contributed by atoms with Crippen molar-refractivity contribution in [1.29, 1.82) is 0 Å². The summed E-state index contributed by atoms with van der Waals surface area (Å²) in [5.74, 6) is -0.116. The van der Waals surface area contributed by atoms with Crippen molar-refractivity contribution in [2.24, 2.45) is 0 Å². The first kappa shape index (κ1) is 29.3. The molecule has 0 amide bonds. The SMILES string of the molecule is CCCCCCCCCCCCCCC(=O)Oc1oc2c(OC)c3c(cc2c(=O)c1-c1ccccc1O)OCO3. The maximum Gasteiger partial charge on any atom is 0.313 e. The van der Waals surface area contributed by atoms with Crippen molar-refractivity contribution in [3.8, 4) is 40.1 Å². The van der Waals surface area contributed by atoms with Gasteiger partial charge in [0.15, 0.2) is 11.3 Å². The Bertz CT molecular complexity index is 1340. The monoisotopic (exact) mass is 552 g/mol. The summed E-state index contributed by atoms with van der Waals surface area (Å²) in [7, 11) is 1.42. The van der Waals surface area contributed by atoms with Crippen LogP contribution >= 0.6 is 0 Å². The number of ether oxygens (including phenoxy) is 4. The van der Waals surface area contributed by atoms with Crippen LogP contribution in [-0.4, -0.2) is 25.0 Å². The zero-order valence-corrected chi connectivity index (χ0v) is 23.6. The Morgan fingerprint density at radius 3 is 2.23 bits per heavy atom. The molecular weight excluding hydrogens is 512 g/mol. The molecule has 40 heavy (non-hydrogen) atoms. The maximum absolute atomic E-state index is 13.7. The van der Waals surface area contributed by atoms with Crippen molar-refractivity contribution in [3.05, 3.63) is 40.6 Å². The van der Waals surface area contributed by atoms with Crippen LogP contribution < -0.4 is 24.4 Å².